The highest BCUT2D eigenvalue weighted by Crippen LogP contribution is 2.32. The molecule has 1 rings (SSSR count). The number of hydrogen-bond donors (Lipinski definition) is 1. The highest BCUT2D eigenvalue weighted by atomic mass is 16.5. The van der Waals surface area contributed by atoms with Gasteiger partial charge in [-0.1, -0.05) is 19.1 Å². The molecule has 19 heavy (non-hydrogen) atoms. The Morgan fingerprint density at radius 3 is 2.32 bits per heavy atom. The molecule has 0 spiro atoms. The average Bonchev–Trinajstić information content (AvgIpc) is 2.28. The van der Waals surface area contributed by atoms with Crippen molar-refractivity contribution < 1.29 is 19.4 Å². The Hall–Kier alpha value is -1.52. The minimum Gasteiger partial charge on any atom is -0.469 e. The number of ether oxygens (including phenoxy) is 1. The lowest BCUT2D eigenvalue weighted by Crippen LogP contribution is -2.55. The number of amides is 1. The molecule has 108 valence electrons. The van der Waals surface area contributed by atoms with Gasteiger partial charge in [0.2, 0.25) is 0 Å². The van der Waals surface area contributed by atoms with Crippen molar-refractivity contribution >= 4 is 12.1 Å². The van der Waals surface area contributed by atoms with Gasteiger partial charge in [-0.2, -0.15) is 0 Å². The molecule has 0 aromatic heterocycles. The predicted molar refractivity (Wildman–Crippen MR) is 71.8 cm³/mol. The van der Waals surface area contributed by atoms with Gasteiger partial charge in [-0.25, -0.2) is 4.79 Å². The molecule has 1 unspecified atom stereocenters. The van der Waals surface area contributed by atoms with Gasteiger partial charge in [-0.3, -0.25) is 9.69 Å². The molecule has 0 heterocycles. The van der Waals surface area contributed by atoms with Crippen molar-refractivity contribution in [2.45, 2.75) is 45.7 Å². The summed E-state index contributed by atoms with van der Waals surface area (Å²) in [5.41, 5.74) is -0.576. The third-order valence-corrected chi connectivity index (χ3v) is 3.41. The van der Waals surface area contributed by atoms with Gasteiger partial charge in [0.1, 0.15) is 0 Å². The van der Waals surface area contributed by atoms with Crippen molar-refractivity contribution in [3.8, 4) is 0 Å². The Morgan fingerprint density at radius 1 is 1.32 bits per heavy atom. The molecule has 0 saturated carbocycles. The molecule has 0 fully saturated rings. The van der Waals surface area contributed by atoms with Crippen LogP contribution in [0.15, 0.2) is 12.2 Å². The lowest BCUT2D eigenvalue weighted by molar-refractivity contribution is -0.148. The fraction of sp³-hybridized carbons (Fsp3) is 0.714. The van der Waals surface area contributed by atoms with Crippen molar-refractivity contribution in [3.05, 3.63) is 12.2 Å². The van der Waals surface area contributed by atoms with Crippen LogP contribution in [0, 0.1) is 11.8 Å². The Balaban J connectivity index is 3.14. The van der Waals surface area contributed by atoms with Gasteiger partial charge < -0.3 is 9.84 Å². The SMILES string of the molecule is COC(=O)C1C[C@H](C)C=C[C@@H]1N(C(=O)O)C(C)(C)C. The summed E-state index contributed by atoms with van der Waals surface area (Å²) in [5, 5.41) is 9.44. The number of methoxy groups -OCH3 is 1. The standard InChI is InChI=1S/C14H23NO4/c1-9-6-7-11(10(8-9)12(16)19-5)15(13(17)18)14(2,3)4/h6-7,9-11H,8H2,1-5H3,(H,17,18)/t9-,10?,11+/m1/s1. The molecule has 0 radical (unpaired) electrons. The molecule has 0 aromatic carbocycles. The summed E-state index contributed by atoms with van der Waals surface area (Å²) in [7, 11) is 1.34. The van der Waals surface area contributed by atoms with Crippen molar-refractivity contribution in [1.29, 1.82) is 0 Å². The monoisotopic (exact) mass is 269 g/mol. The van der Waals surface area contributed by atoms with Crippen molar-refractivity contribution in [2.24, 2.45) is 11.8 Å². The van der Waals surface area contributed by atoms with Gasteiger partial charge in [-0.15, -0.1) is 0 Å². The van der Waals surface area contributed by atoms with Crippen LogP contribution in [0.2, 0.25) is 0 Å². The highest BCUT2D eigenvalue weighted by molar-refractivity contribution is 5.76. The second-order valence-corrected chi connectivity index (χ2v) is 6.04. The maximum Gasteiger partial charge on any atom is 0.408 e. The first-order valence-corrected chi connectivity index (χ1v) is 6.47. The number of rotatable bonds is 2. The average molecular weight is 269 g/mol. The van der Waals surface area contributed by atoms with E-state index < -0.39 is 23.6 Å². The number of allylic oxidation sites excluding steroid dienone is 1. The number of esters is 1. The van der Waals surface area contributed by atoms with Gasteiger partial charge in [0.15, 0.2) is 0 Å². The zero-order valence-electron chi connectivity index (χ0n) is 12.2. The number of carboxylic acid groups (broad SMARTS) is 1. The van der Waals surface area contributed by atoms with E-state index in [1.54, 1.807) is 0 Å². The molecule has 3 atom stereocenters. The molecule has 5 nitrogen and oxygen atoms in total. The minimum atomic E-state index is -1.02. The summed E-state index contributed by atoms with van der Waals surface area (Å²) >= 11 is 0. The van der Waals surface area contributed by atoms with Gasteiger partial charge in [0.25, 0.3) is 0 Å². The van der Waals surface area contributed by atoms with Gasteiger partial charge in [0, 0.05) is 5.54 Å². The van der Waals surface area contributed by atoms with Crippen LogP contribution >= 0.6 is 0 Å². The summed E-state index contributed by atoms with van der Waals surface area (Å²) in [6.07, 6.45) is 3.36. The smallest absolute Gasteiger partial charge is 0.408 e. The summed E-state index contributed by atoms with van der Waals surface area (Å²) < 4.78 is 4.82. The maximum absolute atomic E-state index is 11.9. The van der Waals surface area contributed by atoms with Crippen LogP contribution in [-0.4, -0.2) is 40.8 Å². The van der Waals surface area contributed by atoms with E-state index in [1.807, 2.05) is 39.8 Å². The van der Waals surface area contributed by atoms with E-state index >= 15 is 0 Å². The summed E-state index contributed by atoms with van der Waals surface area (Å²) in [6, 6.07) is -0.471. The number of nitrogens with zero attached hydrogens (tertiary/aromatic N) is 1. The Bertz CT molecular complexity index is 383. The molecule has 1 amide bonds. The first kappa shape index (κ1) is 15.5. The third-order valence-electron chi connectivity index (χ3n) is 3.41. The lowest BCUT2D eigenvalue weighted by Gasteiger charge is -2.42. The second-order valence-electron chi connectivity index (χ2n) is 6.04. The van der Waals surface area contributed by atoms with E-state index in [0.717, 1.165) is 0 Å². The molecular formula is C14H23NO4. The van der Waals surface area contributed by atoms with E-state index in [0.29, 0.717) is 6.42 Å². The van der Waals surface area contributed by atoms with E-state index in [9.17, 15) is 14.7 Å². The van der Waals surface area contributed by atoms with Crippen LogP contribution in [-0.2, 0) is 9.53 Å². The van der Waals surface area contributed by atoms with Crippen molar-refractivity contribution in [3.63, 3.8) is 0 Å². The van der Waals surface area contributed by atoms with E-state index in [4.69, 9.17) is 4.74 Å². The molecule has 0 saturated heterocycles. The topological polar surface area (TPSA) is 66.8 Å². The van der Waals surface area contributed by atoms with Crippen molar-refractivity contribution in [1.82, 2.24) is 4.90 Å². The first-order valence-electron chi connectivity index (χ1n) is 6.47. The molecule has 0 aromatic rings. The minimum absolute atomic E-state index is 0.246. The number of hydrogen-bond acceptors (Lipinski definition) is 3. The fourth-order valence-electron chi connectivity index (χ4n) is 2.57. The lowest BCUT2D eigenvalue weighted by atomic mass is 9.82. The summed E-state index contributed by atoms with van der Waals surface area (Å²) in [5.74, 6) is -0.548. The summed E-state index contributed by atoms with van der Waals surface area (Å²) in [6.45, 7) is 7.47. The Morgan fingerprint density at radius 2 is 1.89 bits per heavy atom. The van der Waals surface area contributed by atoms with E-state index in [1.165, 1.54) is 12.0 Å². The van der Waals surface area contributed by atoms with E-state index in [2.05, 4.69) is 0 Å². The normalized spacial score (nSPS) is 26.9. The molecule has 1 aliphatic rings. The van der Waals surface area contributed by atoms with Crippen LogP contribution in [0.5, 0.6) is 0 Å². The number of carbonyl (C=O) groups excluding carboxylic acids is 1. The Labute approximate surface area is 114 Å². The fourth-order valence-corrected chi connectivity index (χ4v) is 2.57. The van der Waals surface area contributed by atoms with Crippen LogP contribution in [0.4, 0.5) is 4.79 Å². The van der Waals surface area contributed by atoms with Gasteiger partial charge in [0.05, 0.1) is 19.1 Å². The Kier molecular flexibility index (Phi) is 4.61. The number of carbonyl (C=O) groups is 2. The zero-order chi connectivity index (χ0) is 14.8. The maximum atomic E-state index is 11.9. The second kappa shape index (κ2) is 5.63. The first-order chi connectivity index (χ1) is 8.68. The van der Waals surface area contributed by atoms with Crippen LogP contribution in [0.25, 0.3) is 0 Å². The zero-order valence-corrected chi connectivity index (χ0v) is 12.2. The van der Waals surface area contributed by atoms with E-state index in [-0.39, 0.29) is 11.9 Å². The van der Waals surface area contributed by atoms with Gasteiger partial charge >= 0.3 is 12.1 Å². The molecule has 1 aliphatic carbocycles. The third kappa shape index (κ3) is 3.49. The summed E-state index contributed by atoms with van der Waals surface area (Å²) in [4.78, 5) is 24.8. The molecule has 0 aliphatic heterocycles. The van der Waals surface area contributed by atoms with Crippen LogP contribution in [0.1, 0.15) is 34.1 Å². The van der Waals surface area contributed by atoms with Crippen LogP contribution < -0.4 is 0 Å². The van der Waals surface area contributed by atoms with Gasteiger partial charge in [-0.05, 0) is 33.1 Å². The van der Waals surface area contributed by atoms with Crippen LogP contribution in [0.3, 0.4) is 0 Å². The highest BCUT2D eigenvalue weighted by Gasteiger charge is 2.41. The molecule has 1 N–H and O–H groups in total. The molecule has 5 heteroatoms. The van der Waals surface area contributed by atoms with Crippen molar-refractivity contribution in [2.75, 3.05) is 7.11 Å². The largest absolute Gasteiger partial charge is 0.469 e. The quantitative estimate of drug-likeness (QED) is 0.618. The molecule has 0 bridgehead atoms. The molecular weight excluding hydrogens is 246 g/mol. The predicted octanol–water partition coefficient (Wildman–Crippen LogP) is 2.52.